The number of nitrogens with one attached hydrogen (secondary N) is 3. The van der Waals surface area contributed by atoms with Crippen LogP contribution in [-0.2, 0) is 16.1 Å². The monoisotopic (exact) mass is 468 g/mol. The molecule has 0 aliphatic heterocycles. The summed E-state index contributed by atoms with van der Waals surface area (Å²) in [6.45, 7) is 0.267. The Bertz CT molecular complexity index is 803. The fourth-order valence-electron chi connectivity index (χ4n) is 4.07. The Kier molecular flexibility index (Phi) is 11.0. The Morgan fingerprint density at radius 1 is 1.06 bits per heavy atom. The molecule has 8 nitrogen and oxygen atoms in total. The van der Waals surface area contributed by atoms with Crippen LogP contribution in [0.1, 0.15) is 63.4 Å². The van der Waals surface area contributed by atoms with Gasteiger partial charge in [0, 0.05) is 18.2 Å². The maximum atomic E-state index is 13.9. The zero-order valence-electron chi connectivity index (χ0n) is 18.7. The number of benzene rings is 1. The highest BCUT2D eigenvalue weighted by molar-refractivity contribution is 5.88. The van der Waals surface area contributed by atoms with Crippen molar-refractivity contribution >= 4 is 17.9 Å². The van der Waals surface area contributed by atoms with Crippen LogP contribution in [0.25, 0.3) is 0 Å². The number of hydrogen-bond acceptors (Lipinski definition) is 4. The van der Waals surface area contributed by atoms with Crippen molar-refractivity contribution in [1.82, 2.24) is 16.0 Å². The first kappa shape index (κ1) is 26.5. The van der Waals surface area contributed by atoms with Crippen molar-refractivity contribution in [2.45, 2.75) is 76.4 Å². The number of carboxylic acid groups (broad SMARTS) is 1. The van der Waals surface area contributed by atoms with Gasteiger partial charge in [0.2, 0.25) is 5.91 Å². The van der Waals surface area contributed by atoms with Crippen molar-refractivity contribution in [2.75, 3.05) is 6.54 Å². The van der Waals surface area contributed by atoms with Gasteiger partial charge in [-0.2, -0.15) is 0 Å². The van der Waals surface area contributed by atoms with E-state index in [0.717, 1.165) is 44.2 Å². The number of unbranched alkanes of at least 4 members (excludes halogenated alkanes) is 1. The molecule has 1 aliphatic rings. The molecule has 3 amide bonds. The molecule has 2 rings (SSSR count). The lowest BCUT2D eigenvalue weighted by Gasteiger charge is -2.27. The molecule has 0 radical (unpaired) electrons. The van der Waals surface area contributed by atoms with E-state index in [1.165, 1.54) is 6.07 Å². The number of carbonyl (C=O) groups is 3. The molecular formula is C23H34F2N4O4. The molecule has 1 aromatic carbocycles. The Labute approximate surface area is 192 Å². The highest BCUT2D eigenvalue weighted by atomic mass is 19.1. The lowest BCUT2D eigenvalue weighted by molar-refractivity contribution is -0.139. The molecule has 0 bridgehead atoms. The van der Waals surface area contributed by atoms with Crippen molar-refractivity contribution in [3.05, 3.63) is 35.4 Å². The highest BCUT2D eigenvalue weighted by Crippen LogP contribution is 2.27. The molecule has 1 fully saturated rings. The van der Waals surface area contributed by atoms with Crippen LogP contribution in [0.15, 0.2) is 18.2 Å². The minimum atomic E-state index is -1.16. The smallest absolute Gasteiger partial charge is 0.326 e. The second-order valence-corrected chi connectivity index (χ2v) is 8.54. The zero-order valence-corrected chi connectivity index (χ0v) is 18.7. The predicted molar refractivity (Wildman–Crippen MR) is 119 cm³/mol. The normalized spacial score (nSPS) is 16.0. The maximum Gasteiger partial charge on any atom is 0.326 e. The van der Waals surface area contributed by atoms with E-state index in [0.29, 0.717) is 25.8 Å². The summed E-state index contributed by atoms with van der Waals surface area (Å²) in [4.78, 5) is 36.8. The summed E-state index contributed by atoms with van der Waals surface area (Å²) in [6, 6.07) is 0.341. The Balaban J connectivity index is 2.01. The molecule has 1 aromatic rings. The molecule has 10 heteroatoms. The molecule has 1 saturated carbocycles. The third kappa shape index (κ3) is 9.33. The number of carbonyl (C=O) groups excluding carboxylic acids is 2. The van der Waals surface area contributed by atoms with Crippen LogP contribution in [0.3, 0.4) is 0 Å². The van der Waals surface area contributed by atoms with Gasteiger partial charge in [-0.15, -0.1) is 0 Å². The SMILES string of the molecule is NCCCC[C@H](NC(=O)N[C@H](CC1CCCCC1)C(=O)NCc1ccc(F)cc1F)C(=O)O. The van der Waals surface area contributed by atoms with Crippen molar-refractivity contribution in [2.24, 2.45) is 11.7 Å². The van der Waals surface area contributed by atoms with E-state index in [9.17, 15) is 28.3 Å². The van der Waals surface area contributed by atoms with Gasteiger partial charge in [-0.1, -0.05) is 38.2 Å². The van der Waals surface area contributed by atoms with Gasteiger partial charge in [-0.05, 0) is 44.2 Å². The average molecular weight is 469 g/mol. The minimum absolute atomic E-state index is 0.122. The van der Waals surface area contributed by atoms with E-state index >= 15 is 0 Å². The minimum Gasteiger partial charge on any atom is -0.480 e. The second-order valence-electron chi connectivity index (χ2n) is 8.54. The molecule has 0 heterocycles. The van der Waals surface area contributed by atoms with E-state index in [4.69, 9.17) is 5.73 Å². The molecule has 0 spiro atoms. The van der Waals surface area contributed by atoms with Gasteiger partial charge in [0.15, 0.2) is 0 Å². The molecular weight excluding hydrogens is 434 g/mol. The van der Waals surface area contributed by atoms with Crippen LogP contribution in [0.5, 0.6) is 0 Å². The van der Waals surface area contributed by atoms with Crippen LogP contribution in [-0.4, -0.2) is 41.6 Å². The van der Waals surface area contributed by atoms with Gasteiger partial charge in [-0.3, -0.25) is 4.79 Å². The van der Waals surface area contributed by atoms with Crippen molar-refractivity contribution in [1.29, 1.82) is 0 Å². The topological polar surface area (TPSA) is 134 Å². The number of halogens is 2. The molecule has 0 aromatic heterocycles. The molecule has 0 saturated heterocycles. The van der Waals surface area contributed by atoms with Crippen LogP contribution in [0.2, 0.25) is 0 Å². The van der Waals surface area contributed by atoms with Crippen LogP contribution in [0, 0.1) is 17.6 Å². The number of rotatable bonds is 12. The van der Waals surface area contributed by atoms with E-state index in [1.54, 1.807) is 0 Å². The zero-order chi connectivity index (χ0) is 24.2. The highest BCUT2D eigenvalue weighted by Gasteiger charge is 2.28. The van der Waals surface area contributed by atoms with Gasteiger partial charge in [-0.25, -0.2) is 18.4 Å². The first-order chi connectivity index (χ1) is 15.8. The lowest BCUT2D eigenvalue weighted by Crippen LogP contribution is -2.53. The number of urea groups is 1. The number of aliphatic carboxylic acids is 1. The van der Waals surface area contributed by atoms with E-state index in [2.05, 4.69) is 16.0 Å². The molecule has 6 N–H and O–H groups in total. The fraction of sp³-hybridized carbons (Fsp3) is 0.609. The quantitative estimate of drug-likeness (QED) is 0.301. The number of hydrogen-bond donors (Lipinski definition) is 5. The molecule has 0 unspecified atom stereocenters. The Morgan fingerprint density at radius 2 is 1.76 bits per heavy atom. The Morgan fingerprint density at radius 3 is 2.39 bits per heavy atom. The fourth-order valence-corrected chi connectivity index (χ4v) is 4.07. The maximum absolute atomic E-state index is 13.9. The molecule has 184 valence electrons. The van der Waals surface area contributed by atoms with Crippen LogP contribution in [0.4, 0.5) is 13.6 Å². The average Bonchev–Trinajstić information content (AvgIpc) is 2.78. The second kappa shape index (κ2) is 13.7. The first-order valence-corrected chi connectivity index (χ1v) is 11.5. The van der Waals surface area contributed by atoms with Crippen molar-refractivity contribution in [3.8, 4) is 0 Å². The number of nitrogens with two attached hydrogens (primary N) is 1. The van der Waals surface area contributed by atoms with E-state index < -0.39 is 41.6 Å². The lowest BCUT2D eigenvalue weighted by atomic mass is 9.84. The summed E-state index contributed by atoms with van der Waals surface area (Å²) in [5.41, 5.74) is 5.56. The van der Waals surface area contributed by atoms with E-state index in [-0.39, 0.29) is 24.4 Å². The summed E-state index contributed by atoms with van der Waals surface area (Å²) in [5.74, 6) is -2.91. The summed E-state index contributed by atoms with van der Waals surface area (Å²) in [7, 11) is 0. The summed E-state index contributed by atoms with van der Waals surface area (Å²) < 4.78 is 27.0. The molecule has 2 atom stereocenters. The standard InChI is InChI=1S/C23H34F2N4O4/c24-17-10-9-16(18(25)13-17)14-27-21(30)20(12-15-6-2-1-3-7-15)29-23(33)28-19(22(31)32)8-4-5-11-26/h9-10,13,15,19-20H,1-8,11-12,14,26H2,(H,27,30)(H,31,32)(H2,28,29,33)/t19-,20+/m0/s1. The summed E-state index contributed by atoms with van der Waals surface area (Å²) in [5, 5.41) is 17.0. The first-order valence-electron chi connectivity index (χ1n) is 11.5. The van der Waals surface area contributed by atoms with Gasteiger partial charge in [0.1, 0.15) is 23.7 Å². The molecule has 33 heavy (non-hydrogen) atoms. The van der Waals surface area contributed by atoms with Gasteiger partial charge in [0.05, 0.1) is 0 Å². The third-order valence-corrected chi connectivity index (χ3v) is 5.93. The van der Waals surface area contributed by atoms with E-state index in [1.807, 2.05) is 0 Å². The van der Waals surface area contributed by atoms with Crippen molar-refractivity contribution < 1.29 is 28.3 Å². The van der Waals surface area contributed by atoms with Crippen molar-refractivity contribution in [3.63, 3.8) is 0 Å². The third-order valence-electron chi connectivity index (χ3n) is 5.93. The van der Waals surface area contributed by atoms with Gasteiger partial charge < -0.3 is 26.8 Å². The largest absolute Gasteiger partial charge is 0.480 e. The summed E-state index contributed by atoms with van der Waals surface area (Å²) >= 11 is 0. The number of carboxylic acids is 1. The van der Waals surface area contributed by atoms with Gasteiger partial charge in [0.25, 0.3) is 0 Å². The number of amides is 3. The Hall–Kier alpha value is -2.75. The summed E-state index contributed by atoms with van der Waals surface area (Å²) in [6.07, 6.45) is 6.92. The molecule has 1 aliphatic carbocycles. The van der Waals surface area contributed by atoms with Crippen LogP contribution < -0.4 is 21.7 Å². The van der Waals surface area contributed by atoms with Gasteiger partial charge >= 0.3 is 12.0 Å². The predicted octanol–water partition coefficient (Wildman–Crippen LogP) is 2.80. The van der Waals surface area contributed by atoms with Crippen LogP contribution >= 0.6 is 0 Å².